The molecule has 0 saturated carbocycles. The van der Waals surface area contributed by atoms with Crippen molar-refractivity contribution in [1.82, 2.24) is 0 Å². The Kier molecular flexibility index (Phi) is 3.25. The van der Waals surface area contributed by atoms with Crippen LogP contribution >= 0.6 is 0 Å². The maximum Gasteiger partial charge on any atom is 0.251 e. The Morgan fingerprint density at radius 1 is 1.15 bits per heavy atom. The van der Waals surface area contributed by atoms with Crippen molar-refractivity contribution in [3.8, 4) is 5.75 Å². The van der Waals surface area contributed by atoms with E-state index in [2.05, 4.69) is 6.58 Å². The molecule has 20 heavy (non-hydrogen) atoms. The van der Waals surface area contributed by atoms with Crippen molar-refractivity contribution in [3.63, 3.8) is 0 Å². The molecule has 0 spiro atoms. The first-order chi connectivity index (χ1) is 9.81. The summed E-state index contributed by atoms with van der Waals surface area (Å²) in [4.78, 5) is 14.0. The number of nitrogens with zero attached hydrogens (tertiary/aromatic N) is 1. The van der Waals surface area contributed by atoms with E-state index < -0.39 is 0 Å². The van der Waals surface area contributed by atoms with E-state index >= 15 is 0 Å². The minimum Gasteiger partial charge on any atom is -0.489 e. The number of benzene rings is 2. The molecule has 1 aliphatic heterocycles. The Bertz CT molecular complexity index is 636. The minimum absolute atomic E-state index is 0.116. The molecule has 0 fully saturated rings. The molecule has 1 heterocycles. The summed E-state index contributed by atoms with van der Waals surface area (Å²) in [7, 11) is 0. The van der Waals surface area contributed by atoms with Crippen LogP contribution in [0.15, 0.2) is 67.3 Å². The first kappa shape index (κ1) is 12.5. The van der Waals surface area contributed by atoms with Gasteiger partial charge in [-0.15, -0.1) is 0 Å². The number of amides is 1. The second-order valence-corrected chi connectivity index (χ2v) is 4.62. The van der Waals surface area contributed by atoms with Crippen LogP contribution in [0.5, 0.6) is 5.75 Å². The lowest BCUT2D eigenvalue weighted by molar-refractivity contribution is -0.115. The quantitative estimate of drug-likeness (QED) is 0.779. The molecule has 0 N–H and O–H groups in total. The first-order valence-electron chi connectivity index (χ1n) is 6.53. The molecule has 2 aromatic carbocycles. The highest BCUT2D eigenvalue weighted by Crippen LogP contribution is 2.39. The molecular formula is C17H15NO2. The average Bonchev–Trinajstić information content (AvgIpc) is 2.54. The van der Waals surface area contributed by atoms with Crippen LogP contribution in [-0.4, -0.2) is 12.5 Å². The Hall–Kier alpha value is -2.55. The van der Waals surface area contributed by atoms with E-state index in [-0.39, 0.29) is 11.9 Å². The van der Waals surface area contributed by atoms with E-state index in [0.717, 1.165) is 17.0 Å². The van der Waals surface area contributed by atoms with Crippen LogP contribution in [0.4, 0.5) is 5.69 Å². The monoisotopic (exact) mass is 265 g/mol. The molecule has 1 atom stereocenters. The van der Waals surface area contributed by atoms with Gasteiger partial charge in [-0.05, 0) is 23.8 Å². The Labute approximate surface area is 118 Å². The smallest absolute Gasteiger partial charge is 0.251 e. The van der Waals surface area contributed by atoms with Gasteiger partial charge >= 0.3 is 0 Å². The largest absolute Gasteiger partial charge is 0.489 e. The van der Waals surface area contributed by atoms with Gasteiger partial charge in [-0.1, -0.05) is 49.0 Å². The van der Waals surface area contributed by atoms with Crippen LogP contribution < -0.4 is 9.64 Å². The predicted molar refractivity (Wildman–Crippen MR) is 78.8 cm³/mol. The van der Waals surface area contributed by atoms with Crippen molar-refractivity contribution in [1.29, 1.82) is 0 Å². The van der Waals surface area contributed by atoms with Crippen LogP contribution in [0.2, 0.25) is 0 Å². The molecule has 3 rings (SSSR count). The minimum atomic E-state index is -0.128. The Morgan fingerprint density at radius 2 is 1.85 bits per heavy atom. The van der Waals surface area contributed by atoms with E-state index in [0.29, 0.717) is 6.61 Å². The Morgan fingerprint density at radius 3 is 2.60 bits per heavy atom. The summed E-state index contributed by atoms with van der Waals surface area (Å²) in [5.41, 5.74) is 1.84. The van der Waals surface area contributed by atoms with Gasteiger partial charge in [-0.25, -0.2) is 0 Å². The first-order valence-corrected chi connectivity index (χ1v) is 6.53. The highest BCUT2D eigenvalue weighted by atomic mass is 16.5. The standard InChI is InChI=1S/C17H15NO2/c1-2-17(19)18-14-10-6-7-11-16(14)20-12-15(18)13-8-4-3-5-9-13/h2-11,15H,1,12H2. The van der Waals surface area contributed by atoms with Gasteiger partial charge in [-0.3, -0.25) is 9.69 Å². The van der Waals surface area contributed by atoms with Gasteiger partial charge in [0.05, 0.1) is 11.7 Å². The summed E-state index contributed by atoms with van der Waals surface area (Å²) in [5.74, 6) is 0.615. The van der Waals surface area contributed by atoms with Crippen molar-refractivity contribution in [3.05, 3.63) is 72.8 Å². The molecular weight excluding hydrogens is 250 g/mol. The summed E-state index contributed by atoms with van der Waals surface area (Å²) in [6.45, 7) is 4.05. The van der Waals surface area contributed by atoms with Crippen LogP contribution in [0.25, 0.3) is 0 Å². The number of para-hydroxylation sites is 2. The summed E-state index contributed by atoms with van der Waals surface area (Å²) in [6, 6.07) is 17.3. The lowest BCUT2D eigenvalue weighted by Gasteiger charge is -2.36. The number of fused-ring (bicyclic) bond motifs is 1. The molecule has 1 aliphatic rings. The maximum absolute atomic E-state index is 12.3. The normalized spacial score (nSPS) is 17.0. The number of hydrogen-bond donors (Lipinski definition) is 0. The highest BCUT2D eigenvalue weighted by Gasteiger charge is 2.31. The molecule has 100 valence electrons. The van der Waals surface area contributed by atoms with Crippen molar-refractivity contribution in [2.45, 2.75) is 6.04 Å². The van der Waals surface area contributed by atoms with Crippen LogP contribution in [0.1, 0.15) is 11.6 Å². The zero-order valence-corrected chi connectivity index (χ0v) is 11.0. The van der Waals surface area contributed by atoms with Crippen LogP contribution in [0, 0.1) is 0 Å². The van der Waals surface area contributed by atoms with Crippen molar-refractivity contribution in [2.75, 3.05) is 11.5 Å². The number of hydrogen-bond acceptors (Lipinski definition) is 2. The summed E-state index contributed by atoms with van der Waals surface area (Å²) in [5, 5.41) is 0. The molecule has 1 amide bonds. The Balaban J connectivity index is 2.08. The third-order valence-corrected chi connectivity index (χ3v) is 3.43. The second-order valence-electron chi connectivity index (χ2n) is 4.62. The fraction of sp³-hybridized carbons (Fsp3) is 0.118. The van der Waals surface area contributed by atoms with Gasteiger partial charge in [0.2, 0.25) is 0 Å². The third kappa shape index (κ3) is 2.07. The number of rotatable bonds is 2. The third-order valence-electron chi connectivity index (χ3n) is 3.43. The molecule has 0 radical (unpaired) electrons. The zero-order valence-electron chi connectivity index (χ0n) is 11.0. The maximum atomic E-state index is 12.3. The highest BCUT2D eigenvalue weighted by molar-refractivity contribution is 6.03. The lowest BCUT2D eigenvalue weighted by atomic mass is 10.0. The number of anilines is 1. The van der Waals surface area contributed by atoms with Gasteiger partial charge in [0.15, 0.2) is 0 Å². The average molecular weight is 265 g/mol. The molecule has 0 aromatic heterocycles. The summed E-state index contributed by atoms with van der Waals surface area (Å²) >= 11 is 0. The molecule has 3 heteroatoms. The molecule has 2 aromatic rings. The summed E-state index contributed by atoms with van der Waals surface area (Å²) < 4.78 is 5.79. The number of carbonyl (C=O) groups excluding carboxylic acids is 1. The number of ether oxygens (including phenoxy) is 1. The molecule has 1 unspecified atom stereocenters. The SMILES string of the molecule is C=CC(=O)N1c2ccccc2OCC1c1ccccc1. The molecule has 0 aliphatic carbocycles. The predicted octanol–water partition coefficient (Wildman–Crippen LogP) is 3.34. The van der Waals surface area contributed by atoms with E-state index in [1.54, 1.807) is 4.90 Å². The summed E-state index contributed by atoms with van der Waals surface area (Å²) in [6.07, 6.45) is 1.35. The van der Waals surface area contributed by atoms with Crippen molar-refractivity contribution < 1.29 is 9.53 Å². The second kappa shape index (κ2) is 5.21. The fourth-order valence-electron chi connectivity index (χ4n) is 2.48. The van der Waals surface area contributed by atoms with Crippen LogP contribution in [0.3, 0.4) is 0 Å². The topological polar surface area (TPSA) is 29.5 Å². The van der Waals surface area contributed by atoms with Gasteiger partial charge in [-0.2, -0.15) is 0 Å². The number of carbonyl (C=O) groups is 1. The van der Waals surface area contributed by atoms with Gasteiger partial charge in [0.25, 0.3) is 5.91 Å². The van der Waals surface area contributed by atoms with E-state index in [1.807, 2.05) is 54.6 Å². The van der Waals surface area contributed by atoms with E-state index in [4.69, 9.17) is 4.74 Å². The van der Waals surface area contributed by atoms with Gasteiger partial charge in [0, 0.05) is 0 Å². The van der Waals surface area contributed by atoms with Crippen molar-refractivity contribution >= 4 is 11.6 Å². The zero-order chi connectivity index (χ0) is 13.9. The van der Waals surface area contributed by atoms with Gasteiger partial charge < -0.3 is 4.74 Å². The van der Waals surface area contributed by atoms with E-state index in [1.165, 1.54) is 6.08 Å². The van der Waals surface area contributed by atoms with Gasteiger partial charge in [0.1, 0.15) is 12.4 Å². The molecule has 0 saturated heterocycles. The fourth-order valence-corrected chi connectivity index (χ4v) is 2.48. The van der Waals surface area contributed by atoms with E-state index in [9.17, 15) is 4.79 Å². The molecule has 3 nitrogen and oxygen atoms in total. The lowest BCUT2D eigenvalue weighted by Crippen LogP contribution is -2.40. The molecule has 0 bridgehead atoms. The van der Waals surface area contributed by atoms with Crippen LogP contribution in [-0.2, 0) is 4.79 Å². The van der Waals surface area contributed by atoms with Crippen molar-refractivity contribution in [2.24, 2.45) is 0 Å².